The topological polar surface area (TPSA) is 25.4 Å². The lowest BCUT2D eigenvalue weighted by atomic mass is 9.94. The van der Waals surface area contributed by atoms with Gasteiger partial charge < -0.3 is 4.74 Å². The van der Waals surface area contributed by atoms with E-state index in [0.717, 1.165) is 11.6 Å². The van der Waals surface area contributed by atoms with Gasteiger partial charge in [0.25, 0.3) is 0 Å². The fourth-order valence-corrected chi connectivity index (χ4v) is 3.74. The number of benzene rings is 1. The highest BCUT2D eigenvalue weighted by Gasteiger charge is 2.33. The second-order valence-corrected chi connectivity index (χ2v) is 6.63. The summed E-state index contributed by atoms with van der Waals surface area (Å²) in [5.74, 6) is 0.505. The molecule has 0 radical (unpaired) electrons. The third kappa shape index (κ3) is 2.83. The Bertz CT molecular complexity index is 754. The van der Waals surface area contributed by atoms with Crippen molar-refractivity contribution in [3.8, 4) is 5.75 Å². The van der Waals surface area contributed by atoms with Crippen LogP contribution in [-0.2, 0) is 12.7 Å². The second kappa shape index (κ2) is 5.92. The van der Waals surface area contributed by atoms with Crippen molar-refractivity contribution in [2.24, 2.45) is 0 Å². The molecule has 2 heterocycles. The lowest BCUT2D eigenvalue weighted by molar-refractivity contribution is -0.140. The van der Waals surface area contributed by atoms with E-state index >= 15 is 0 Å². The van der Waals surface area contributed by atoms with Gasteiger partial charge in [0.15, 0.2) is 5.75 Å². The summed E-state index contributed by atoms with van der Waals surface area (Å²) in [6.07, 6.45) is 1.66. The van der Waals surface area contributed by atoms with Gasteiger partial charge in [-0.25, -0.2) is 4.98 Å². The molecular weight excluding hydrogens is 317 g/mol. The fourth-order valence-electron chi connectivity index (χ4n) is 3.74. The molecule has 2 aliphatic rings. The van der Waals surface area contributed by atoms with E-state index < -0.39 is 11.9 Å². The molecule has 6 heteroatoms. The molecule has 0 atom stereocenters. The molecule has 1 aliphatic carbocycles. The molecule has 4 rings (SSSR count). The number of hydrogen-bond donors (Lipinski definition) is 0. The fraction of sp³-hybridized carbons (Fsp3) is 0.500. The monoisotopic (exact) mass is 336 g/mol. The third-order valence-electron chi connectivity index (χ3n) is 5.03. The first-order valence-electron chi connectivity index (χ1n) is 8.39. The average molecular weight is 336 g/mol. The minimum absolute atomic E-state index is 0.311. The van der Waals surface area contributed by atoms with Gasteiger partial charge in [-0.3, -0.25) is 4.90 Å². The molecule has 1 aromatic heterocycles. The Morgan fingerprint density at radius 1 is 1.04 bits per heavy atom. The highest BCUT2D eigenvalue weighted by molar-refractivity contribution is 5.86. The van der Waals surface area contributed by atoms with Crippen LogP contribution in [0.3, 0.4) is 0 Å². The summed E-state index contributed by atoms with van der Waals surface area (Å²) in [5.41, 5.74) is 0.360. The summed E-state index contributed by atoms with van der Waals surface area (Å²) in [4.78, 5) is 6.12. The van der Waals surface area contributed by atoms with E-state index in [0.29, 0.717) is 36.0 Å². The number of aromatic nitrogens is 1. The number of pyridine rings is 1. The van der Waals surface area contributed by atoms with E-state index in [1.807, 2.05) is 12.1 Å². The minimum atomic E-state index is -4.44. The van der Waals surface area contributed by atoms with Crippen molar-refractivity contribution in [1.29, 1.82) is 0 Å². The standard InChI is InChI=1S/C18H19F3N2O/c19-18(20,21)15-9-8-12-6-7-13-10-23(14-4-2-1-3-5-14)11-24-17(13)16(12)22-15/h6-9,14H,1-5,10-11H2. The summed E-state index contributed by atoms with van der Waals surface area (Å²) in [5, 5.41) is 0.674. The molecule has 0 amide bonds. The van der Waals surface area contributed by atoms with Gasteiger partial charge in [-0.1, -0.05) is 37.5 Å². The maximum absolute atomic E-state index is 12.9. The van der Waals surface area contributed by atoms with E-state index in [1.165, 1.54) is 38.2 Å². The first kappa shape index (κ1) is 15.7. The van der Waals surface area contributed by atoms with Crippen molar-refractivity contribution >= 4 is 10.9 Å². The maximum atomic E-state index is 12.9. The normalized spacial score (nSPS) is 20.0. The van der Waals surface area contributed by atoms with Gasteiger partial charge in [0, 0.05) is 23.5 Å². The number of alkyl halides is 3. The number of rotatable bonds is 1. The molecule has 0 spiro atoms. The number of fused-ring (bicyclic) bond motifs is 3. The van der Waals surface area contributed by atoms with E-state index in [4.69, 9.17) is 4.74 Å². The Kier molecular flexibility index (Phi) is 3.87. The van der Waals surface area contributed by atoms with Crippen LogP contribution < -0.4 is 4.74 Å². The van der Waals surface area contributed by atoms with Crippen LogP contribution in [0, 0.1) is 0 Å². The van der Waals surface area contributed by atoms with Gasteiger partial charge in [-0.05, 0) is 18.9 Å². The van der Waals surface area contributed by atoms with Crippen molar-refractivity contribution in [2.45, 2.75) is 50.9 Å². The first-order valence-corrected chi connectivity index (χ1v) is 8.39. The molecule has 1 aliphatic heterocycles. The lowest BCUT2D eigenvalue weighted by Crippen LogP contribution is -2.41. The van der Waals surface area contributed by atoms with Crippen LogP contribution in [0.4, 0.5) is 13.2 Å². The Labute approximate surface area is 138 Å². The Morgan fingerprint density at radius 2 is 1.79 bits per heavy atom. The van der Waals surface area contributed by atoms with Crippen molar-refractivity contribution in [2.75, 3.05) is 6.73 Å². The van der Waals surface area contributed by atoms with Gasteiger partial charge in [-0.2, -0.15) is 13.2 Å². The van der Waals surface area contributed by atoms with Crippen molar-refractivity contribution in [1.82, 2.24) is 9.88 Å². The van der Waals surface area contributed by atoms with Crippen LogP contribution in [0.15, 0.2) is 24.3 Å². The van der Waals surface area contributed by atoms with Crippen LogP contribution in [0.5, 0.6) is 5.75 Å². The number of ether oxygens (including phenoxy) is 1. The van der Waals surface area contributed by atoms with Crippen LogP contribution in [-0.4, -0.2) is 22.7 Å². The van der Waals surface area contributed by atoms with Crippen molar-refractivity contribution < 1.29 is 17.9 Å². The Morgan fingerprint density at radius 3 is 2.54 bits per heavy atom. The summed E-state index contributed by atoms with van der Waals surface area (Å²) in [6.45, 7) is 1.14. The molecular formula is C18H19F3N2O. The zero-order valence-corrected chi connectivity index (χ0v) is 13.3. The van der Waals surface area contributed by atoms with E-state index in [9.17, 15) is 13.2 Å². The zero-order valence-electron chi connectivity index (χ0n) is 13.3. The van der Waals surface area contributed by atoms with Gasteiger partial charge in [0.2, 0.25) is 0 Å². The molecule has 1 fully saturated rings. The smallest absolute Gasteiger partial charge is 0.433 e. The van der Waals surface area contributed by atoms with Gasteiger partial charge >= 0.3 is 6.18 Å². The van der Waals surface area contributed by atoms with E-state index in [1.54, 1.807) is 0 Å². The molecule has 1 saturated carbocycles. The first-order chi connectivity index (χ1) is 11.5. The predicted molar refractivity (Wildman–Crippen MR) is 84.7 cm³/mol. The maximum Gasteiger partial charge on any atom is 0.433 e. The average Bonchev–Trinajstić information content (AvgIpc) is 2.60. The van der Waals surface area contributed by atoms with Gasteiger partial charge in [-0.15, -0.1) is 0 Å². The molecule has 128 valence electrons. The highest BCUT2D eigenvalue weighted by Crippen LogP contribution is 2.37. The quantitative estimate of drug-likeness (QED) is 0.752. The molecule has 2 aromatic rings. The van der Waals surface area contributed by atoms with Crippen molar-refractivity contribution in [3.05, 3.63) is 35.5 Å². The number of nitrogens with zero attached hydrogens (tertiary/aromatic N) is 2. The zero-order chi connectivity index (χ0) is 16.7. The van der Waals surface area contributed by atoms with Crippen LogP contribution in [0.1, 0.15) is 43.4 Å². The van der Waals surface area contributed by atoms with E-state index in [2.05, 4.69) is 9.88 Å². The van der Waals surface area contributed by atoms with Crippen LogP contribution in [0.2, 0.25) is 0 Å². The second-order valence-electron chi connectivity index (χ2n) is 6.63. The Balaban J connectivity index is 1.68. The SMILES string of the molecule is FC(F)(F)c1ccc2ccc3c(c2n1)OCN(C1CCCCC1)C3. The molecule has 0 unspecified atom stereocenters. The summed E-state index contributed by atoms with van der Waals surface area (Å²) in [7, 11) is 0. The highest BCUT2D eigenvalue weighted by atomic mass is 19.4. The van der Waals surface area contributed by atoms with Crippen molar-refractivity contribution in [3.63, 3.8) is 0 Å². The summed E-state index contributed by atoms with van der Waals surface area (Å²) < 4.78 is 44.7. The summed E-state index contributed by atoms with van der Waals surface area (Å²) in [6, 6.07) is 6.77. The molecule has 0 N–H and O–H groups in total. The third-order valence-corrected chi connectivity index (χ3v) is 5.03. The van der Waals surface area contributed by atoms with Crippen LogP contribution >= 0.6 is 0 Å². The molecule has 1 aromatic carbocycles. The Hall–Kier alpha value is -1.82. The largest absolute Gasteiger partial charge is 0.475 e. The van der Waals surface area contributed by atoms with Gasteiger partial charge in [0.1, 0.15) is 17.9 Å². The number of halogens is 3. The number of hydrogen-bond acceptors (Lipinski definition) is 3. The molecule has 0 saturated heterocycles. The lowest BCUT2D eigenvalue weighted by Gasteiger charge is -2.37. The van der Waals surface area contributed by atoms with Gasteiger partial charge in [0.05, 0.1) is 0 Å². The summed E-state index contributed by atoms with van der Waals surface area (Å²) >= 11 is 0. The van der Waals surface area contributed by atoms with E-state index in [-0.39, 0.29) is 0 Å². The molecule has 0 bridgehead atoms. The van der Waals surface area contributed by atoms with Crippen LogP contribution in [0.25, 0.3) is 10.9 Å². The molecule has 3 nitrogen and oxygen atoms in total. The molecule has 24 heavy (non-hydrogen) atoms. The predicted octanol–water partition coefficient (Wildman–Crippen LogP) is 4.74. The minimum Gasteiger partial charge on any atom is -0.475 e.